The average molecular weight is 571 g/mol. The first-order valence-electron chi connectivity index (χ1n) is 15.0. The third-order valence-corrected chi connectivity index (χ3v) is 9.03. The van der Waals surface area contributed by atoms with Crippen LogP contribution in [0.25, 0.3) is 5.70 Å². The standard InChI is InChI=1S/C31H39FN10/c1-38-17-19-39(20-18-38)25-12-14-40(15-13-25)28-10-9-24(21-27(28)32)34-31-35-30(33)42(37-31)41-16-11-23-7-4-6-22-5-2-3-8-26(22)29(23)36-41/h2-3,5,8-11,16,21,25,36H,4,6-7,12-15,17-20H2,1H3,(H3,33,34,35,37). The lowest BCUT2D eigenvalue weighted by molar-refractivity contribution is 0.0981. The van der Waals surface area contributed by atoms with Gasteiger partial charge in [-0.15, -0.1) is 9.89 Å². The second-order valence-electron chi connectivity index (χ2n) is 11.7. The highest BCUT2D eigenvalue weighted by atomic mass is 19.1. The molecule has 2 aromatic carbocycles. The summed E-state index contributed by atoms with van der Waals surface area (Å²) in [7, 11) is 2.19. The normalized spacial score (nSPS) is 20.2. The van der Waals surface area contributed by atoms with Gasteiger partial charge in [0, 0.05) is 62.8 Å². The van der Waals surface area contributed by atoms with Gasteiger partial charge in [0.25, 0.3) is 5.95 Å². The highest BCUT2D eigenvalue weighted by molar-refractivity contribution is 5.74. The third-order valence-electron chi connectivity index (χ3n) is 9.03. The van der Waals surface area contributed by atoms with E-state index in [1.165, 1.54) is 27.6 Å². The van der Waals surface area contributed by atoms with Gasteiger partial charge in [-0.1, -0.05) is 24.3 Å². The van der Waals surface area contributed by atoms with Crippen molar-refractivity contribution in [2.45, 2.75) is 38.1 Å². The average Bonchev–Trinajstić information content (AvgIpc) is 3.26. The van der Waals surface area contributed by atoms with E-state index < -0.39 is 0 Å². The van der Waals surface area contributed by atoms with E-state index in [-0.39, 0.29) is 11.8 Å². The number of nitrogens with two attached hydrogens (primary N) is 1. The Bertz CT molecular complexity index is 1500. The maximum absolute atomic E-state index is 15.3. The predicted molar refractivity (Wildman–Crippen MR) is 165 cm³/mol. The number of piperidine rings is 1. The van der Waals surface area contributed by atoms with Crippen LogP contribution in [0, 0.1) is 5.82 Å². The van der Waals surface area contributed by atoms with Crippen molar-refractivity contribution in [1.29, 1.82) is 0 Å². The molecule has 0 unspecified atom stereocenters. The molecular weight excluding hydrogens is 531 g/mol. The van der Waals surface area contributed by atoms with Crippen molar-refractivity contribution in [2.24, 2.45) is 0 Å². The number of hydrogen-bond donors (Lipinski definition) is 3. The molecular formula is C31H39FN10. The number of aromatic nitrogens is 3. The summed E-state index contributed by atoms with van der Waals surface area (Å²) < 4.78 is 15.3. The lowest BCUT2D eigenvalue weighted by Gasteiger charge is -2.42. The fourth-order valence-electron chi connectivity index (χ4n) is 6.63. The monoisotopic (exact) mass is 570 g/mol. The molecule has 42 heavy (non-hydrogen) atoms. The van der Waals surface area contributed by atoms with Crippen molar-refractivity contribution in [1.82, 2.24) is 30.1 Å². The number of nitrogens with zero attached hydrogens (tertiary/aromatic N) is 7. The first-order valence-corrected chi connectivity index (χ1v) is 15.0. The van der Waals surface area contributed by atoms with Crippen molar-refractivity contribution in [3.63, 3.8) is 0 Å². The van der Waals surface area contributed by atoms with Crippen molar-refractivity contribution in [2.75, 3.05) is 67.4 Å². The molecule has 4 heterocycles. The number of hydrazine groups is 1. The van der Waals surface area contributed by atoms with Gasteiger partial charge in [-0.3, -0.25) is 10.3 Å². The van der Waals surface area contributed by atoms with Crippen LogP contribution in [0.2, 0.25) is 0 Å². The zero-order chi connectivity index (χ0) is 28.6. The summed E-state index contributed by atoms with van der Waals surface area (Å²) >= 11 is 0. The number of nitrogens with one attached hydrogen (secondary N) is 2. The molecule has 10 nitrogen and oxygen atoms in total. The summed E-state index contributed by atoms with van der Waals surface area (Å²) in [5.74, 6) is 0.252. The van der Waals surface area contributed by atoms with E-state index in [1.807, 2.05) is 18.3 Å². The van der Waals surface area contributed by atoms with Crippen molar-refractivity contribution >= 4 is 29.0 Å². The van der Waals surface area contributed by atoms with Crippen molar-refractivity contribution in [3.05, 3.63) is 77.3 Å². The maximum Gasteiger partial charge on any atom is 0.250 e. The van der Waals surface area contributed by atoms with Crippen LogP contribution in [0.15, 0.2) is 60.3 Å². The number of aryl methyl sites for hydroxylation is 1. The Morgan fingerprint density at radius 3 is 2.62 bits per heavy atom. The molecule has 0 atom stereocenters. The summed E-state index contributed by atoms with van der Waals surface area (Å²) in [6.07, 6.45) is 9.28. The van der Waals surface area contributed by atoms with Gasteiger partial charge < -0.3 is 20.9 Å². The summed E-state index contributed by atoms with van der Waals surface area (Å²) in [5.41, 5.74) is 15.8. The van der Waals surface area contributed by atoms with E-state index in [2.05, 4.69) is 72.9 Å². The van der Waals surface area contributed by atoms with Gasteiger partial charge in [-0.2, -0.15) is 10.1 Å². The van der Waals surface area contributed by atoms with Crippen LogP contribution in [-0.2, 0) is 6.42 Å². The van der Waals surface area contributed by atoms with Crippen molar-refractivity contribution in [3.8, 4) is 0 Å². The van der Waals surface area contributed by atoms with Crippen LogP contribution in [0.4, 0.5) is 27.7 Å². The third kappa shape index (κ3) is 5.30. The zero-order valence-corrected chi connectivity index (χ0v) is 24.1. The van der Waals surface area contributed by atoms with Gasteiger partial charge in [-0.25, -0.2) is 4.39 Å². The molecule has 3 aliphatic heterocycles. The van der Waals surface area contributed by atoms with Gasteiger partial charge in [0.1, 0.15) is 5.82 Å². The molecule has 1 aliphatic carbocycles. The molecule has 3 aromatic rings. The summed E-state index contributed by atoms with van der Waals surface area (Å²) in [5, 5.41) is 9.42. The lowest BCUT2D eigenvalue weighted by Crippen LogP contribution is -2.52. The molecule has 220 valence electrons. The molecule has 0 saturated carbocycles. The quantitative estimate of drug-likeness (QED) is 0.425. The van der Waals surface area contributed by atoms with E-state index in [9.17, 15) is 0 Å². The number of anilines is 4. The smallest absolute Gasteiger partial charge is 0.250 e. The lowest BCUT2D eigenvalue weighted by atomic mass is 10.0. The minimum atomic E-state index is -0.252. The molecule has 2 fully saturated rings. The van der Waals surface area contributed by atoms with E-state index in [1.54, 1.807) is 5.12 Å². The van der Waals surface area contributed by atoms with Crippen LogP contribution < -0.4 is 26.5 Å². The van der Waals surface area contributed by atoms with E-state index >= 15 is 4.39 Å². The Hall–Kier alpha value is -4.09. The van der Waals surface area contributed by atoms with Crippen LogP contribution in [-0.4, -0.2) is 77.0 Å². The number of nitrogen functional groups attached to an aromatic ring is 1. The predicted octanol–water partition coefficient (Wildman–Crippen LogP) is 3.68. The largest absolute Gasteiger partial charge is 0.369 e. The second-order valence-corrected chi connectivity index (χ2v) is 11.7. The van der Waals surface area contributed by atoms with Gasteiger partial charge in [0.05, 0.1) is 11.4 Å². The Balaban J connectivity index is 1.01. The molecule has 11 heteroatoms. The highest BCUT2D eigenvalue weighted by Crippen LogP contribution is 2.32. The van der Waals surface area contributed by atoms with E-state index in [0.29, 0.717) is 23.4 Å². The molecule has 0 radical (unpaired) electrons. The first kappa shape index (κ1) is 26.8. The van der Waals surface area contributed by atoms with Crippen LogP contribution >= 0.6 is 0 Å². The molecule has 2 saturated heterocycles. The fraction of sp³-hybridized carbons (Fsp3) is 0.419. The molecule has 1 aromatic heterocycles. The second kappa shape index (κ2) is 11.3. The Labute approximate surface area is 246 Å². The topological polar surface area (TPSA) is 93.8 Å². The molecule has 0 amide bonds. The number of rotatable bonds is 5. The fourth-order valence-corrected chi connectivity index (χ4v) is 6.63. The van der Waals surface area contributed by atoms with E-state index in [4.69, 9.17) is 5.73 Å². The Kier molecular flexibility index (Phi) is 7.20. The minimum Gasteiger partial charge on any atom is -0.369 e. The Morgan fingerprint density at radius 2 is 1.81 bits per heavy atom. The molecule has 0 spiro atoms. The first-order chi connectivity index (χ1) is 20.5. The van der Waals surface area contributed by atoms with Gasteiger partial charge >= 0.3 is 0 Å². The summed E-state index contributed by atoms with van der Waals surface area (Å²) in [6, 6.07) is 14.3. The van der Waals surface area contributed by atoms with Crippen LogP contribution in [0.5, 0.6) is 0 Å². The van der Waals surface area contributed by atoms with Crippen LogP contribution in [0.1, 0.15) is 36.8 Å². The number of fused-ring (bicyclic) bond motifs is 2. The summed E-state index contributed by atoms with van der Waals surface area (Å²) in [6.45, 7) is 6.23. The number of piperazine rings is 1. The number of likely N-dealkylation sites (N-methyl/N-ethyl adjacent to an activating group) is 1. The minimum absolute atomic E-state index is 0.209. The summed E-state index contributed by atoms with van der Waals surface area (Å²) in [4.78, 5) is 13.1. The Morgan fingerprint density at radius 1 is 1.00 bits per heavy atom. The number of benzene rings is 2. The maximum atomic E-state index is 15.3. The number of halogens is 1. The highest BCUT2D eigenvalue weighted by Gasteiger charge is 2.28. The zero-order valence-electron chi connectivity index (χ0n) is 24.1. The molecule has 0 bridgehead atoms. The number of hydrogen-bond acceptors (Lipinski definition) is 9. The van der Waals surface area contributed by atoms with Crippen molar-refractivity contribution < 1.29 is 4.39 Å². The van der Waals surface area contributed by atoms with Gasteiger partial charge in [0.15, 0.2) is 0 Å². The molecule has 7 rings (SSSR count). The number of allylic oxidation sites excluding steroid dienone is 2. The SMILES string of the molecule is CN1CCN(C2CCN(c3ccc(Nc4nc(N)n(N5C=CC6=C(N5)c5ccccc5CCC6)n4)cc3F)CC2)CC1. The molecule has 4 aliphatic rings. The van der Waals surface area contributed by atoms with Gasteiger partial charge in [0.2, 0.25) is 5.95 Å². The van der Waals surface area contributed by atoms with Crippen LogP contribution in [0.3, 0.4) is 0 Å². The molecule has 4 N–H and O–H groups in total. The van der Waals surface area contributed by atoms with Gasteiger partial charge in [-0.05, 0) is 74.6 Å². The van der Waals surface area contributed by atoms with E-state index in [0.717, 1.165) is 77.1 Å².